The maximum Gasteiger partial charge on any atom is 0.285 e. The van der Waals surface area contributed by atoms with E-state index in [1.54, 1.807) is 0 Å². The Balaban J connectivity index is 2.37. The highest BCUT2D eigenvalue weighted by Crippen LogP contribution is 2.22. The summed E-state index contributed by atoms with van der Waals surface area (Å²) < 4.78 is 0. The molecule has 3 heteroatoms. The number of aliphatic imine (C=N–C) groups is 1. The maximum absolute atomic E-state index is 11.3. The van der Waals surface area contributed by atoms with E-state index >= 15 is 0 Å². The van der Waals surface area contributed by atoms with Crippen molar-refractivity contribution in [2.45, 2.75) is 19.3 Å². The Hall–Kier alpha value is -1.31. The molecule has 1 aliphatic rings. The van der Waals surface area contributed by atoms with Crippen molar-refractivity contribution >= 4 is 23.3 Å². The summed E-state index contributed by atoms with van der Waals surface area (Å²) in [7, 11) is 0. The number of amides is 1. The third-order valence-corrected chi connectivity index (χ3v) is 2.58. The molecule has 0 aliphatic heterocycles. The first-order chi connectivity index (χ1) is 6.81. The monoisotopic (exact) mass is 203 g/mol. The molecular formula is C11H9NOS. The van der Waals surface area contributed by atoms with Gasteiger partial charge in [-0.1, -0.05) is 6.07 Å². The largest absolute Gasteiger partial charge is 0.285 e. The Bertz CT molecular complexity index is 433. The minimum atomic E-state index is -0.297. The molecule has 0 saturated carbocycles. The first-order valence-electron chi connectivity index (χ1n) is 4.55. The van der Waals surface area contributed by atoms with Crippen LogP contribution in [0.4, 0.5) is 0 Å². The maximum atomic E-state index is 11.3. The van der Waals surface area contributed by atoms with E-state index < -0.39 is 0 Å². The predicted octanol–water partition coefficient (Wildman–Crippen LogP) is 2.42. The van der Waals surface area contributed by atoms with Crippen LogP contribution in [0.1, 0.15) is 27.9 Å². The number of rotatable bonds is 1. The molecule has 0 aromatic heterocycles. The van der Waals surface area contributed by atoms with Gasteiger partial charge in [-0.05, 0) is 54.7 Å². The van der Waals surface area contributed by atoms with Crippen LogP contribution >= 0.6 is 12.2 Å². The van der Waals surface area contributed by atoms with Crippen molar-refractivity contribution in [1.82, 2.24) is 0 Å². The van der Waals surface area contributed by atoms with Gasteiger partial charge in [-0.2, -0.15) is 4.99 Å². The van der Waals surface area contributed by atoms with Gasteiger partial charge in [0.15, 0.2) is 0 Å². The van der Waals surface area contributed by atoms with Crippen molar-refractivity contribution in [3.8, 4) is 0 Å². The van der Waals surface area contributed by atoms with Gasteiger partial charge in [-0.15, -0.1) is 0 Å². The zero-order valence-corrected chi connectivity index (χ0v) is 8.43. The van der Waals surface area contributed by atoms with Gasteiger partial charge in [-0.25, -0.2) is 0 Å². The lowest BCUT2D eigenvalue weighted by atomic mass is 10.1. The molecule has 1 amide bonds. The number of benzene rings is 1. The van der Waals surface area contributed by atoms with Crippen molar-refractivity contribution in [2.24, 2.45) is 4.99 Å². The number of nitrogens with zero attached hydrogens (tertiary/aromatic N) is 1. The quantitative estimate of drug-likeness (QED) is 0.518. The molecular weight excluding hydrogens is 194 g/mol. The summed E-state index contributed by atoms with van der Waals surface area (Å²) in [5.41, 5.74) is 3.24. The van der Waals surface area contributed by atoms with Crippen LogP contribution in [-0.4, -0.2) is 11.1 Å². The Labute approximate surface area is 87.7 Å². The summed E-state index contributed by atoms with van der Waals surface area (Å²) >= 11 is 4.39. The molecule has 1 aromatic rings. The Morgan fingerprint density at radius 2 is 2.14 bits per heavy atom. The summed E-state index contributed by atoms with van der Waals surface area (Å²) in [4.78, 5) is 14.8. The highest BCUT2D eigenvalue weighted by molar-refractivity contribution is 7.78. The standard InChI is InChI=1S/C11H9NOS/c13-11(12-7-14)10-5-4-8-2-1-3-9(8)6-10/h4-6H,1-3H2. The van der Waals surface area contributed by atoms with E-state index in [2.05, 4.69) is 22.4 Å². The zero-order valence-electron chi connectivity index (χ0n) is 7.62. The molecule has 0 spiro atoms. The van der Waals surface area contributed by atoms with Crippen LogP contribution in [0.15, 0.2) is 23.2 Å². The van der Waals surface area contributed by atoms with Crippen LogP contribution < -0.4 is 0 Å². The Morgan fingerprint density at radius 3 is 2.93 bits per heavy atom. The van der Waals surface area contributed by atoms with E-state index in [0.29, 0.717) is 5.56 Å². The third kappa shape index (κ3) is 1.65. The second-order valence-corrected chi connectivity index (χ2v) is 3.53. The molecule has 2 rings (SSSR count). The van der Waals surface area contributed by atoms with Crippen molar-refractivity contribution in [1.29, 1.82) is 0 Å². The topological polar surface area (TPSA) is 29.4 Å². The second kappa shape index (κ2) is 3.82. The van der Waals surface area contributed by atoms with Crippen molar-refractivity contribution in [3.63, 3.8) is 0 Å². The predicted molar refractivity (Wildman–Crippen MR) is 57.8 cm³/mol. The SMILES string of the molecule is O=C(N=C=S)c1ccc2c(c1)CCC2. The lowest BCUT2D eigenvalue weighted by Crippen LogP contribution is -1.95. The fraction of sp³-hybridized carbons (Fsp3) is 0.273. The minimum Gasteiger partial charge on any atom is -0.266 e. The molecule has 0 atom stereocenters. The summed E-state index contributed by atoms with van der Waals surface area (Å²) in [6.45, 7) is 0. The summed E-state index contributed by atoms with van der Waals surface area (Å²) in [6, 6.07) is 5.73. The number of aryl methyl sites for hydroxylation is 2. The number of fused-ring (bicyclic) bond motifs is 1. The zero-order chi connectivity index (χ0) is 9.97. The number of thiocarbonyl (C=S) groups is 1. The van der Waals surface area contributed by atoms with Gasteiger partial charge >= 0.3 is 0 Å². The lowest BCUT2D eigenvalue weighted by Gasteiger charge is -1.99. The van der Waals surface area contributed by atoms with Gasteiger partial charge in [0.1, 0.15) is 0 Å². The van der Waals surface area contributed by atoms with Gasteiger partial charge in [0.2, 0.25) is 0 Å². The normalized spacial score (nSPS) is 13.1. The molecule has 0 fully saturated rings. The molecule has 0 saturated heterocycles. The number of isothiocyanates is 1. The Morgan fingerprint density at radius 1 is 1.36 bits per heavy atom. The lowest BCUT2D eigenvalue weighted by molar-refractivity contribution is 0.100. The van der Waals surface area contributed by atoms with Crippen LogP contribution in [0.25, 0.3) is 0 Å². The van der Waals surface area contributed by atoms with Gasteiger partial charge in [-0.3, -0.25) is 4.79 Å². The van der Waals surface area contributed by atoms with Crippen LogP contribution in [0, 0.1) is 0 Å². The molecule has 2 nitrogen and oxygen atoms in total. The molecule has 0 heterocycles. The second-order valence-electron chi connectivity index (χ2n) is 3.35. The molecule has 1 aliphatic carbocycles. The number of hydrogen-bond acceptors (Lipinski definition) is 2. The van der Waals surface area contributed by atoms with Crippen LogP contribution in [-0.2, 0) is 12.8 Å². The van der Waals surface area contributed by atoms with Gasteiger partial charge in [0.25, 0.3) is 5.91 Å². The molecule has 70 valence electrons. The Kier molecular flexibility index (Phi) is 2.53. The van der Waals surface area contributed by atoms with Crippen LogP contribution in [0.5, 0.6) is 0 Å². The number of hydrogen-bond donors (Lipinski definition) is 0. The fourth-order valence-corrected chi connectivity index (χ4v) is 1.89. The fourth-order valence-electron chi connectivity index (χ4n) is 1.81. The van der Waals surface area contributed by atoms with E-state index in [4.69, 9.17) is 0 Å². The van der Waals surface area contributed by atoms with Crippen molar-refractivity contribution < 1.29 is 4.79 Å². The average molecular weight is 203 g/mol. The smallest absolute Gasteiger partial charge is 0.266 e. The average Bonchev–Trinajstić information content (AvgIpc) is 2.64. The summed E-state index contributed by atoms with van der Waals surface area (Å²) in [5, 5.41) is 2.09. The van der Waals surface area contributed by atoms with E-state index in [0.717, 1.165) is 12.8 Å². The van der Waals surface area contributed by atoms with E-state index in [1.807, 2.05) is 18.2 Å². The molecule has 0 unspecified atom stereocenters. The summed E-state index contributed by atoms with van der Waals surface area (Å²) in [6.07, 6.45) is 3.38. The molecule has 0 N–H and O–H groups in total. The van der Waals surface area contributed by atoms with Crippen LogP contribution in [0.2, 0.25) is 0 Å². The van der Waals surface area contributed by atoms with E-state index in [1.165, 1.54) is 17.5 Å². The van der Waals surface area contributed by atoms with Crippen molar-refractivity contribution in [2.75, 3.05) is 0 Å². The van der Waals surface area contributed by atoms with Crippen LogP contribution in [0.3, 0.4) is 0 Å². The van der Waals surface area contributed by atoms with Gasteiger partial charge in [0.05, 0.1) is 5.16 Å². The van der Waals surface area contributed by atoms with E-state index in [-0.39, 0.29) is 5.91 Å². The highest BCUT2D eigenvalue weighted by atomic mass is 32.1. The number of carbonyl (C=O) groups is 1. The number of carbonyl (C=O) groups excluding carboxylic acids is 1. The minimum absolute atomic E-state index is 0.297. The summed E-state index contributed by atoms with van der Waals surface area (Å²) in [5.74, 6) is -0.297. The third-order valence-electron chi connectivity index (χ3n) is 2.49. The van der Waals surface area contributed by atoms with Crippen molar-refractivity contribution in [3.05, 3.63) is 34.9 Å². The first-order valence-corrected chi connectivity index (χ1v) is 4.96. The molecule has 0 bridgehead atoms. The van der Waals surface area contributed by atoms with Gasteiger partial charge < -0.3 is 0 Å². The highest BCUT2D eigenvalue weighted by Gasteiger charge is 2.12. The first kappa shape index (κ1) is 9.25. The van der Waals surface area contributed by atoms with Gasteiger partial charge in [0, 0.05) is 5.56 Å². The molecule has 1 aromatic carbocycles. The van der Waals surface area contributed by atoms with E-state index in [9.17, 15) is 4.79 Å². The molecule has 0 radical (unpaired) electrons. The molecule has 14 heavy (non-hydrogen) atoms.